The summed E-state index contributed by atoms with van der Waals surface area (Å²) in [5, 5.41) is 0. The van der Waals surface area contributed by atoms with Crippen molar-refractivity contribution in [3.63, 3.8) is 0 Å². The fraction of sp³-hybridized carbons (Fsp3) is 0.333. The zero-order valence-electron chi connectivity index (χ0n) is 6.58. The van der Waals surface area contributed by atoms with E-state index in [9.17, 15) is 4.79 Å². The Morgan fingerprint density at radius 1 is 1.55 bits per heavy atom. The van der Waals surface area contributed by atoms with Gasteiger partial charge in [-0.2, -0.15) is 0 Å². The van der Waals surface area contributed by atoms with Gasteiger partial charge in [0.1, 0.15) is 5.69 Å². The summed E-state index contributed by atoms with van der Waals surface area (Å²) in [6.07, 6.45) is 2.79. The first-order valence-electron chi connectivity index (χ1n) is 3.78. The quantitative estimate of drug-likeness (QED) is 0.614. The smallest absolute Gasteiger partial charge is 0.168 e. The number of aryl methyl sites for hydroxylation is 1. The molecule has 0 aliphatic heterocycles. The summed E-state index contributed by atoms with van der Waals surface area (Å²) < 4.78 is 0. The first-order valence-corrected chi connectivity index (χ1v) is 3.78. The molecule has 1 aromatic heterocycles. The largest absolute Gasteiger partial charge is 0.296 e. The molecule has 0 bridgehead atoms. The molecule has 0 aromatic carbocycles. The van der Waals surface area contributed by atoms with Crippen molar-refractivity contribution < 1.29 is 4.79 Å². The van der Waals surface area contributed by atoms with Crippen molar-refractivity contribution in [3.8, 4) is 0 Å². The van der Waals surface area contributed by atoms with Gasteiger partial charge in [-0.1, -0.05) is 19.4 Å². The summed E-state index contributed by atoms with van der Waals surface area (Å²) in [7, 11) is 0. The molecule has 2 heteroatoms. The molecule has 58 valence electrons. The van der Waals surface area contributed by atoms with Crippen LogP contribution in [0, 0.1) is 0 Å². The van der Waals surface area contributed by atoms with Crippen molar-refractivity contribution in [2.24, 2.45) is 0 Å². The minimum atomic E-state index is 0.524. The first kappa shape index (κ1) is 7.92. The van der Waals surface area contributed by atoms with Crippen LogP contribution in [-0.2, 0) is 6.42 Å². The van der Waals surface area contributed by atoms with Gasteiger partial charge >= 0.3 is 0 Å². The van der Waals surface area contributed by atoms with Crippen molar-refractivity contribution in [3.05, 3.63) is 29.6 Å². The Kier molecular flexibility index (Phi) is 2.78. The fourth-order valence-corrected chi connectivity index (χ4v) is 0.959. The van der Waals surface area contributed by atoms with E-state index in [0.29, 0.717) is 5.69 Å². The van der Waals surface area contributed by atoms with E-state index < -0.39 is 0 Å². The van der Waals surface area contributed by atoms with Crippen LogP contribution in [0.3, 0.4) is 0 Å². The molecule has 0 atom stereocenters. The highest BCUT2D eigenvalue weighted by Gasteiger charge is 1.93. The van der Waals surface area contributed by atoms with E-state index in [1.165, 1.54) is 0 Å². The Balaban J connectivity index is 2.82. The van der Waals surface area contributed by atoms with Crippen LogP contribution in [-0.4, -0.2) is 11.3 Å². The van der Waals surface area contributed by atoms with Gasteiger partial charge in [0, 0.05) is 5.69 Å². The number of carbonyl (C=O) groups excluding carboxylic acids is 1. The van der Waals surface area contributed by atoms with Gasteiger partial charge in [0.25, 0.3) is 0 Å². The lowest BCUT2D eigenvalue weighted by atomic mass is 10.2. The molecule has 0 fully saturated rings. The van der Waals surface area contributed by atoms with E-state index in [2.05, 4.69) is 11.9 Å². The van der Waals surface area contributed by atoms with Gasteiger partial charge in [0.2, 0.25) is 0 Å². The van der Waals surface area contributed by atoms with E-state index in [-0.39, 0.29) is 0 Å². The molecule has 0 saturated heterocycles. The molecule has 0 spiro atoms. The third-order valence-electron chi connectivity index (χ3n) is 1.46. The van der Waals surface area contributed by atoms with Crippen LogP contribution in [0.4, 0.5) is 0 Å². The van der Waals surface area contributed by atoms with Crippen molar-refractivity contribution >= 4 is 6.29 Å². The maximum Gasteiger partial charge on any atom is 0.168 e. The third kappa shape index (κ3) is 2.15. The third-order valence-corrected chi connectivity index (χ3v) is 1.46. The van der Waals surface area contributed by atoms with Gasteiger partial charge in [-0.15, -0.1) is 0 Å². The second-order valence-electron chi connectivity index (χ2n) is 2.42. The van der Waals surface area contributed by atoms with Crippen LogP contribution >= 0.6 is 0 Å². The topological polar surface area (TPSA) is 30.0 Å². The number of hydrogen-bond donors (Lipinski definition) is 0. The summed E-state index contributed by atoms with van der Waals surface area (Å²) >= 11 is 0. The normalized spacial score (nSPS) is 9.55. The lowest BCUT2D eigenvalue weighted by Crippen LogP contribution is -1.92. The number of nitrogens with zero attached hydrogens (tertiary/aromatic N) is 1. The van der Waals surface area contributed by atoms with Gasteiger partial charge in [0.05, 0.1) is 0 Å². The van der Waals surface area contributed by atoms with Gasteiger partial charge in [-0.3, -0.25) is 9.78 Å². The lowest BCUT2D eigenvalue weighted by Gasteiger charge is -1.96. The van der Waals surface area contributed by atoms with E-state index >= 15 is 0 Å². The van der Waals surface area contributed by atoms with E-state index in [0.717, 1.165) is 24.8 Å². The van der Waals surface area contributed by atoms with Crippen LogP contribution < -0.4 is 0 Å². The highest BCUT2D eigenvalue weighted by Crippen LogP contribution is 1.99. The summed E-state index contributed by atoms with van der Waals surface area (Å²) in [5.41, 5.74) is 1.52. The zero-order valence-corrected chi connectivity index (χ0v) is 6.58. The van der Waals surface area contributed by atoms with Crippen LogP contribution in [0.15, 0.2) is 18.2 Å². The average Bonchev–Trinajstić information content (AvgIpc) is 2.06. The van der Waals surface area contributed by atoms with Gasteiger partial charge < -0.3 is 0 Å². The molecule has 0 unspecified atom stereocenters. The maximum atomic E-state index is 10.3. The Hall–Kier alpha value is -1.18. The summed E-state index contributed by atoms with van der Waals surface area (Å²) in [4.78, 5) is 14.4. The Morgan fingerprint density at radius 2 is 2.36 bits per heavy atom. The molecule has 0 amide bonds. The summed E-state index contributed by atoms with van der Waals surface area (Å²) in [5.74, 6) is 0. The number of rotatable bonds is 3. The Morgan fingerprint density at radius 3 is 3.00 bits per heavy atom. The predicted molar refractivity (Wildman–Crippen MR) is 43.6 cm³/mol. The molecule has 0 aliphatic rings. The predicted octanol–water partition coefficient (Wildman–Crippen LogP) is 1.85. The molecule has 1 heterocycles. The minimum Gasteiger partial charge on any atom is -0.296 e. The van der Waals surface area contributed by atoms with Crippen molar-refractivity contribution in [1.29, 1.82) is 0 Å². The van der Waals surface area contributed by atoms with Gasteiger partial charge in [-0.25, -0.2) is 0 Å². The van der Waals surface area contributed by atoms with E-state index in [4.69, 9.17) is 0 Å². The number of aldehydes is 1. The number of carbonyl (C=O) groups is 1. The molecule has 11 heavy (non-hydrogen) atoms. The fourth-order valence-electron chi connectivity index (χ4n) is 0.959. The molecule has 1 aromatic rings. The first-order chi connectivity index (χ1) is 5.36. The molecule has 0 saturated carbocycles. The van der Waals surface area contributed by atoms with Gasteiger partial charge in [-0.05, 0) is 18.6 Å². The lowest BCUT2D eigenvalue weighted by molar-refractivity contribution is 0.111. The maximum absolute atomic E-state index is 10.3. The highest BCUT2D eigenvalue weighted by molar-refractivity contribution is 5.71. The standard InChI is InChI=1S/C9H11NO/c1-2-4-8-5-3-6-9(7-11)10-8/h3,5-7H,2,4H2,1H3. The Labute approximate surface area is 66.3 Å². The summed E-state index contributed by atoms with van der Waals surface area (Å²) in [6.45, 7) is 2.09. The molecule has 0 radical (unpaired) electrons. The Bertz CT molecular complexity index is 245. The van der Waals surface area contributed by atoms with E-state index in [1.54, 1.807) is 6.07 Å². The highest BCUT2D eigenvalue weighted by atomic mass is 16.1. The van der Waals surface area contributed by atoms with Crippen molar-refractivity contribution in [2.75, 3.05) is 0 Å². The second kappa shape index (κ2) is 3.86. The molecular weight excluding hydrogens is 138 g/mol. The zero-order chi connectivity index (χ0) is 8.10. The van der Waals surface area contributed by atoms with Crippen LogP contribution in [0.25, 0.3) is 0 Å². The van der Waals surface area contributed by atoms with Crippen molar-refractivity contribution in [1.82, 2.24) is 4.98 Å². The number of aromatic nitrogens is 1. The molecule has 0 N–H and O–H groups in total. The van der Waals surface area contributed by atoms with Crippen LogP contribution in [0.2, 0.25) is 0 Å². The molecular formula is C9H11NO. The SMILES string of the molecule is CCCc1cccc(C=O)n1. The molecule has 1 rings (SSSR count). The second-order valence-corrected chi connectivity index (χ2v) is 2.42. The van der Waals surface area contributed by atoms with Crippen LogP contribution in [0.5, 0.6) is 0 Å². The number of pyridine rings is 1. The summed E-state index contributed by atoms with van der Waals surface area (Å²) in [6, 6.07) is 5.52. The molecule has 2 nitrogen and oxygen atoms in total. The number of hydrogen-bond acceptors (Lipinski definition) is 2. The molecule has 0 aliphatic carbocycles. The minimum absolute atomic E-state index is 0.524. The van der Waals surface area contributed by atoms with Crippen LogP contribution in [0.1, 0.15) is 29.5 Å². The van der Waals surface area contributed by atoms with E-state index in [1.807, 2.05) is 12.1 Å². The van der Waals surface area contributed by atoms with Gasteiger partial charge in [0.15, 0.2) is 6.29 Å². The average molecular weight is 149 g/mol. The van der Waals surface area contributed by atoms with Crippen molar-refractivity contribution in [2.45, 2.75) is 19.8 Å². The monoisotopic (exact) mass is 149 g/mol.